The summed E-state index contributed by atoms with van der Waals surface area (Å²) in [5.41, 5.74) is 6.45. The zero-order chi connectivity index (χ0) is 13.8. The van der Waals surface area contributed by atoms with E-state index < -0.39 is 12.7 Å². The lowest BCUT2D eigenvalue weighted by Gasteiger charge is -2.19. The fourth-order valence-electron chi connectivity index (χ4n) is 1.75. The molecule has 0 saturated carbocycles. The fraction of sp³-hybridized carbons (Fsp3) is 0.583. The Hall–Kier alpha value is -1.30. The van der Waals surface area contributed by atoms with Gasteiger partial charge in [0.1, 0.15) is 5.82 Å². The molecule has 18 heavy (non-hydrogen) atoms. The molecule has 0 aliphatic heterocycles. The van der Waals surface area contributed by atoms with E-state index in [4.69, 9.17) is 5.73 Å². The highest BCUT2D eigenvalue weighted by atomic mass is 19.4. The Labute approximate surface area is 105 Å². The number of pyridine rings is 1. The van der Waals surface area contributed by atoms with Gasteiger partial charge in [-0.2, -0.15) is 13.2 Å². The quantitative estimate of drug-likeness (QED) is 0.856. The van der Waals surface area contributed by atoms with E-state index in [1.54, 1.807) is 19.2 Å². The van der Waals surface area contributed by atoms with E-state index in [1.807, 2.05) is 13.0 Å². The second-order valence-corrected chi connectivity index (χ2v) is 4.55. The normalized spacial score (nSPS) is 15.4. The van der Waals surface area contributed by atoms with E-state index in [9.17, 15) is 13.2 Å². The summed E-state index contributed by atoms with van der Waals surface area (Å²) >= 11 is 0. The van der Waals surface area contributed by atoms with Gasteiger partial charge >= 0.3 is 6.18 Å². The summed E-state index contributed by atoms with van der Waals surface area (Å²) in [6.45, 7) is 2.74. The van der Waals surface area contributed by atoms with Crippen molar-refractivity contribution in [1.82, 2.24) is 10.3 Å². The lowest BCUT2D eigenvalue weighted by atomic mass is 9.96. The van der Waals surface area contributed by atoms with E-state index in [0.717, 1.165) is 5.56 Å². The number of alkyl halides is 3. The van der Waals surface area contributed by atoms with E-state index in [1.165, 1.54) is 0 Å². The summed E-state index contributed by atoms with van der Waals surface area (Å²) < 4.78 is 36.1. The van der Waals surface area contributed by atoms with Crippen LogP contribution < -0.4 is 11.1 Å². The number of rotatable bonds is 5. The minimum absolute atomic E-state index is 0.133. The molecule has 0 aromatic carbocycles. The lowest BCUT2D eigenvalue weighted by molar-refractivity contribution is -0.126. The molecule has 0 fully saturated rings. The molecule has 0 aliphatic carbocycles. The smallest absolute Gasteiger partial charge is 0.384 e. The first-order chi connectivity index (χ1) is 8.28. The molecule has 102 valence electrons. The molecule has 1 rings (SSSR count). The second-order valence-electron chi connectivity index (χ2n) is 4.55. The Morgan fingerprint density at radius 1 is 1.33 bits per heavy atom. The third-order valence-corrected chi connectivity index (χ3v) is 2.74. The maximum atomic E-state index is 12.0. The summed E-state index contributed by atoms with van der Waals surface area (Å²) in [6.07, 6.45) is -1.89. The monoisotopic (exact) mass is 261 g/mol. The second kappa shape index (κ2) is 6.04. The van der Waals surface area contributed by atoms with Crippen molar-refractivity contribution in [2.45, 2.75) is 38.4 Å². The van der Waals surface area contributed by atoms with E-state index in [2.05, 4.69) is 10.3 Å². The van der Waals surface area contributed by atoms with Crippen molar-refractivity contribution in [3.63, 3.8) is 0 Å². The lowest BCUT2D eigenvalue weighted by Crippen LogP contribution is -2.36. The highest BCUT2D eigenvalue weighted by Gasteiger charge is 2.27. The van der Waals surface area contributed by atoms with Gasteiger partial charge in [0.25, 0.3) is 0 Å². The Balaban J connectivity index is 2.44. The molecule has 3 N–H and O–H groups in total. The maximum Gasteiger partial charge on any atom is 0.401 e. The first kappa shape index (κ1) is 14.8. The van der Waals surface area contributed by atoms with Crippen LogP contribution in [0.1, 0.15) is 31.7 Å². The summed E-state index contributed by atoms with van der Waals surface area (Å²) in [4.78, 5) is 3.97. The Morgan fingerprint density at radius 2 is 2.00 bits per heavy atom. The molecule has 3 nitrogen and oxygen atoms in total. The fourth-order valence-corrected chi connectivity index (χ4v) is 1.75. The number of nitrogen functional groups attached to an aromatic ring is 1. The first-order valence-corrected chi connectivity index (χ1v) is 5.79. The van der Waals surface area contributed by atoms with Crippen LogP contribution in [-0.2, 0) is 0 Å². The number of hydrogen-bond donors (Lipinski definition) is 2. The van der Waals surface area contributed by atoms with Crippen LogP contribution in [0.4, 0.5) is 19.0 Å². The van der Waals surface area contributed by atoms with E-state index in [-0.39, 0.29) is 12.0 Å². The molecule has 0 amide bonds. The average molecular weight is 261 g/mol. The Morgan fingerprint density at radius 3 is 2.50 bits per heavy atom. The molecule has 0 radical (unpaired) electrons. The topological polar surface area (TPSA) is 50.9 Å². The molecule has 2 atom stereocenters. The number of halogens is 3. The predicted octanol–water partition coefficient (Wildman–Crippen LogP) is 2.70. The van der Waals surface area contributed by atoms with E-state index >= 15 is 0 Å². The van der Waals surface area contributed by atoms with Crippen LogP contribution in [0.3, 0.4) is 0 Å². The van der Waals surface area contributed by atoms with Crippen molar-refractivity contribution in [2.75, 3.05) is 12.3 Å². The van der Waals surface area contributed by atoms with Crippen molar-refractivity contribution in [1.29, 1.82) is 0 Å². The van der Waals surface area contributed by atoms with Crippen molar-refractivity contribution in [2.24, 2.45) is 0 Å². The van der Waals surface area contributed by atoms with Crippen LogP contribution in [0.25, 0.3) is 0 Å². The number of anilines is 1. The summed E-state index contributed by atoms with van der Waals surface area (Å²) in [7, 11) is 0. The van der Waals surface area contributed by atoms with Crippen LogP contribution >= 0.6 is 0 Å². The van der Waals surface area contributed by atoms with Crippen LogP contribution in [-0.4, -0.2) is 23.7 Å². The molecule has 0 saturated heterocycles. The van der Waals surface area contributed by atoms with Gasteiger partial charge in [-0.3, -0.25) is 0 Å². The summed E-state index contributed by atoms with van der Waals surface area (Å²) in [5, 5.41) is 2.46. The zero-order valence-electron chi connectivity index (χ0n) is 10.5. The van der Waals surface area contributed by atoms with Crippen LogP contribution in [0.15, 0.2) is 18.3 Å². The van der Waals surface area contributed by atoms with Gasteiger partial charge in [0.05, 0.1) is 6.54 Å². The van der Waals surface area contributed by atoms with Gasteiger partial charge in [-0.25, -0.2) is 4.98 Å². The molecular formula is C12H18F3N3. The van der Waals surface area contributed by atoms with Crippen molar-refractivity contribution in [3.8, 4) is 0 Å². The average Bonchev–Trinajstić information content (AvgIpc) is 2.26. The summed E-state index contributed by atoms with van der Waals surface area (Å²) in [6, 6.07) is 3.34. The van der Waals surface area contributed by atoms with Gasteiger partial charge in [0, 0.05) is 12.2 Å². The highest BCUT2D eigenvalue weighted by molar-refractivity contribution is 5.30. The first-order valence-electron chi connectivity index (χ1n) is 5.79. The van der Waals surface area contributed by atoms with Crippen molar-refractivity contribution < 1.29 is 13.2 Å². The van der Waals surface area contributed by atoms with Gasteiger partial charge in [-0.1, -0.05) is 13.0 Å². The minimum atomic E-state index is -4.17. The van der Waals surface area contributed by atoms with Gasteiger partial charge in [0.2, 0.25) is 0 Å². The molecule has 1 aromatic rings. The molecule has 0 aliphatic rings. The third kappa shape index (κ3) is 5.35. The number of nitrogens with two attached hydrogens (primary N) is 1. The molecule has 0 unspecified atom stereocenters. The number of hydrogen-bond acceptors (Lipinski definition) is 3. The number of nitrogens with zero attached hydrogens (tertiary/aromatic N) is 1. The Kier molecular flexibility index (Phi) is 4.95. The molecule has 0 spiro atoms. The summed E-state index contributed by atoms with van der Waals surface area (Å²) in [5.74, 6) is 0.572. The van der Waals surface area contributed by atoms with Crippen LogP contribution in [0.2, 0.25) is 0 Å². The SMILES string of the molecule is C[C@H](C[C@H](C)NCC(F)(F)F)c1ccc(N)nc1. The molecule has 1 heterocycles. The van der Waals surface area contributed by atoms with Gasteiger partial charge < -0.3 is 11.1 Å². The third-order valence-electron chi connectivity index (χ3n) is 2.74. The Bertz CT molecular complexity index is 362. The molecule has 0 bridgehead atoms. The number of nitrogens with one attached hydrogen (secondary N) is 1. The van der Waals surface area contributed by atoms with Crippen molar-refractivity contribution in [3.05, 3.63) is 23.9 Å². The zero-order valence-corrected chi connectivity index (χ0v) is 10.5. The van der Waals surface area contributed by atoms with Crippen molar-refractivity contribution >= 4 is 5.82 Å². The largest absolute Gasteiger partial charge is 0.401 e. The standard InChI is InChI=1S/C12H18F3N3/c1-8(10-3-4-11(16)17-6-10)5-9(2)18-7-12(13,14)15/h3-4,6,8-9,18H,5,7H2,1-2H3,(H2,16,17)/t8-,9+/m1/s1. The predicted molar refractivity (Wildman–Crippen MR) is 65.2 cm³/mol. The van der Waals surface area contributed by atoms with Gasteiger partial charge in [0.15, 0.2) is 0 Å². The van der Waals surface area contributed by atoms with Gasteiger partial charge in [-0.15, -0.1) is 0 Å². The maximum absolute atomic E-state index is 12.0. The number of aromatic nitrogens is 1. The molecular weight excluding hydrogens is 243 g/mol. The van der Waals surface area contributed by atoms with Gasteiger partial charge in [-0.05, 0) is 30.9 Å². The van der Waals surface area contributed by atoms with E-state index in [0.29, 0.717) is 12.2 Å². The minimum Gasteiger partial charge on any atom is -0.384 e. The highest BCUT2D eigenvalue weighted by Crippen LogP contribution is 2.21. The van der Waals surface area contributed by atoms with Crippen LogP contribution in [0, 0.1) is 0 Å². The molecule has 1 aromatic heterocycles. The van der Waals surface area contributed by atoms with Crippen LogP contribution in [0.5, 0.6) is 0 Å². The molecule has 6 heteroatoms.